The lowest BCUT2D eigenvalue weighted by atomic mass is 9.68. The van der Waals surface area contributed by atoms with Crippen LogP contribution < -0.4 is 4.74 Å². The molecule has 0 unspecified atom stereocenters. The van der Waals surface area contributed by atoms with E-state index >= 15 is 0 Å². The molecule has 6 heteroatoms. The smallest absolute Gasteiger partial charge is 0.344 e. The van der Waals surface area contributed by atoms with Gasteiger partial charge in [0, 0.05) is 0 Å². The van der Waals surface area contributed by atoms with Crippen LogP contribution in [0.4, 0.5) is 22.0 Å². The van der Waals surface area contributed by atoms with Gasteiger partial charge in [-0.15, -0.1) is 0 Å². The second-order valence-electron chi connectivity index (χ2n) is 8.08. The minimum Gasteiger partial charge on any atom is -0.422 e. The Morgan fingerprint density at radius 1 is 0.815 bits per heavy atom. The number of rotatable bonds is 4. The summed E-state index contributed by atoms with van der Waals surface area (Å²) in [5, 5.41) is 0. The van der Waals surface area contributed by atoms with Gasteiger partial charge in [-0.1, -0.05) is 19.8 Å². The van der Waals surface area contributed by atoms with E-state index in [4.69, 9.17) is 0 Å². The van der Waals surface area contributed by atoms with Crippen LogP contribution in [0.15, 0.2) is 24.2 Å². The van der Waals surface area contributed by atoms with E-state index in [1.54, 1.807) is 0 Å². The van der Waals surface area contributed by atoms with Crippen molar-refractivity contribution in [3.63, 3.8) is 0 Å². The zero-order valence-electron chi connectivity index (χ0n) is 15.4. The molecule has 1 aromatic rings. The average Bonchev–Trinajstić information content (AvgIpc) is 2.65. The van der Waals surface area contributed by atoms with Crippen LogP contribution in [0.2, 0.25) is 0 Å². The Hall–Kier alpha value is -1.59. The van der Waals surface area contributed by atoms with E-state index in [0.717, 1.165) is 49.7 Å². The van der Waals surface area contributed by atoms with Crippen molar-refractivity contribution in [2.24, 2.45) is 17.8 Å². The average molecular weight is 388 g/mol. The molecule has 0 amide bonds. The third-order valence-electron chi connectivity index (χ3n) is 6.33. The molecule has 0 heterocycles. The number of ether oxygens (including phenoxy) is 1. The van der Waals surface area contributed by atoms with Crippen molar-refractivity contribution < 1.29 is 26.7 Å². The van der Waals surface area contributed by atoms with E-state index in [-0.39, 0.29) is 5.92 Å². The van der Waals surface area contributed by atoms with Gasteiger partial charge in [0.05, 0.1) is 0 Å². The van der Waals surface area contributed by atoms with Crippen molar-refractivity contribution in [2.75, 3.05) is 0 Å². The lowest BCUT2D eigenvalue weighted by Gasteiger charge is -2.37. The van der Waals surface area contributed by atoms with Crippen LogP contribution in [0.1, 0.15) is 69.8 Å². The summed E-state index contributed by atoms with van der Waals surface area (Å²) >= 11 is 0. The summed E-state index contributed by atoms with van der Waals surface area (Å²) in [6.07, 6.45) is 6.14. The molecule has 0 N–H and O–H groups in total. The predicted octanol–water partition coefficient (Wildman–Crippen LogP) is 7.48. The van der Waals surface area contributed by atoms with Gasteiger partial charge in [0.2, 0.25) is 5.75 Å². The summed E-state index contributed by atoms with van der Waals surface area (Å²) in [4.78, 5) is 0. The van der Waals surface area contributed by atoms with Crippen molar-refractivity contribution >= 4 is 0 Å². The summed E-state index contributed by atoms with van der Waals surface area (Å²) < 4.78 is 69.2. The lowest BCUT2D eigenvalue weighted by molar-refractivity contribution is 0.165. The molecule has 3 rings (SSSR count). The van der Waals surface area contributed by atoms with Crippen LogP contribution in [0.25, 0.3) is 0 Å². The van der Waals surface area contributed by atoms with Gasteiger partial charge in [0.25, 0.3) is 0 Å². The second-order valence-corrected chi connectivity index (χ2v) is 8.08. The van der Waals surface area contributed by atoms with E-state index in [1.807, 2.05) is 0 Å². The van der Waals surface area contributed by atoms with Crippen molar-refractivity contribution in [2.45, 2.75) is 64.2 Å². The summed E-state index contributed by atoms with van der Waals surface area (Å²) in [5.41, 5.74) is 0.484. The van der Waals surface area contributed by atoms with Gasteiger partial charge in [-0.05, 0) is 79.9 Å². The first-order chi connectivity index (χ1) is 12.8. The van der Waals surface area contributed by atoms with Crippen molar-refractivity contribution in [3.05, 3.63) is 41.4 Å². The molecule has 2 aliphatic rings. The molecule has 2 aliphatic carbocycles. The third-order valence-corrected chi connectivity index (χ3v) is 6.33. The molecule has 0 aromatic heterocycles. The highest BCUT2D eigenvalue weighted by Gasteiger charge is 2.31. The minimum atomic E-state index is -2.76. The fourth-order valence-electron chi connectivity index (χ4n) is 4.72. The normalized spacial score (nSPS) is 28.7. The molecule has 0 radical (unpaired) electrons. The Kier molecular flexibility index (Phi) is 6.43. The molecule has 2 saturated carbocycles. The van der Waals surface area contributed by atoms with Crippen LogP contribution in [-0.4, -0.2) is 0 Å². The molecule has 0 spiro atoms. The molecular weight excluding hydrogens is 363 g/mol. The van der Waals surface area contributed by atoms with Crippen LogP contribution in [0.5, 0.6) is 5.75 Å². The third kappa shape index (κ3) is 4.82. The van der Waals surface area contributed by atoms with E-state index in [9.17, 15) is 22.0 Å². The maximum atomic E-state index is 14.1. The lowest BCUT2D eigenvalue weighted by Crippen LogP contribution is -2.24. The Bertz CT molecular complexity index is 659. The van der Waals surface area contributed by atoms with Gasteiger partial charge in [0.15, 0.2) is 11.6 Å². The quantitative estimate of drug-likeness (QED) is 0.384. The Labute approximate surface area is 156 Å². The second kappa shape index (κ2) is 8.61. The van der Waals surface area contributed by atoms with Crippen molar-refractivity contribution in [1.82, 2.24) is 0 Å². The standard InChI is InChI=1S/C21H25F5O/c1-12-2-4-13(5-3-12)14-6-8-15(9-7-14)16-10-17(22)19(18(23)11-16)27-21(26)20(24)25/h10-15H,2-9H2,1H3/t12-,13-,14?,15?. The molecule has 0 saturated heterocycles. The Morgan fingerprint density at radius 3 is 1.78 bits per heavy atom. The first-order valence-electron chi connectivity index (χ1n) is 9.72. The monoisotopic (exact) mass is 388 g/mol. The van der Waals surface area contributed by atoms with Crippen molar-refractivity contribution in [3.8, 4) is 5.75 Å². The number of benzene rings is 1. The predicted molar refractivity (Wildman–Crippen MR) is 93.2 cm³/mol. The molecule has 0 bridgehead atoms. The van der Waals surface area contributed by atoms with Gasteiger partial charge in [-0.3, -0.25) is 0 Å². The zero-order chi connectivity index (χ0) is 19.6. The van der Waals surface area contributed by atoms with Gasteiger partial charge < -0.3 is 4.74 Å². The number of hydrogen-bond acceptors (Lipinski definition) is 1. The van der Waals surface area contributed by atoms with E-state index < -0.39 is 29.5 Å². The van der Waals surface area contributed by atoms with Gasteiger partial charge in [-0.25, -0.2) is 8.78 Å². The summed E-state index contributed by atoms with van der Waals surface area (Å²) in [6.45, 7) is 2.30. The van der Waals surface area contributed by atoms with Crippen LogP contribution >= 0.6 is 0 Å². The Balaban J connectivity index is 1.63. The first kappa shape index (κ1) is 20.2. The summed E-state index contributed by atoms with van der Waals surface area (Å²) in [5.74, 6) is -1.17. The highest BCUT2D eigenvalue weighted by atomic mass is 19.3. The molecular formula is C21H25F5O. The maximum absolute atomic E-state index is 14.1. The maximum Gasteiger partial charge on any atom is 0.344 e. The van der Waals surface area contributed by atoms with E-state index in [1.165, 1.54) is 25.7 Å². The molecule has 27 heavy (non-hydrogen) atoms. The number of halogens is 5. The van der Waals surface area contributed by atoms with Crippen LogP contribution in [-0.2, 0) is 0 Å². The fraction of sp³-hybridized carbons (Fsp3) is 0.619. The zero-order valence-corrected chi connectivity index (χ0v) is 15.4. The Morgan fingerprint density at radius 2 is 1.30 bits per heavy atom. The van der Waals surface area contributed by atoms with Crippen LogP contribution in [0.3, 0.4) is 0 Å². The van der Waals surface area contributed by atoms with Gasteiger partial charge in [-0.2, -0.15) is 13.2 Å². The summed E-state index contributed by atoms with van der Waals surface area (Å²) in [6, 6.07) is -0.132. The van der Waals surface area contributed by atoms with E-state index in [2.05, 4.69) is 11.7 Å². The fourth-order valence-corrected chi connectivity index (χ4v) is 4.72. The highest BCUT2D eigenvalue weighted by Crippen LogP contribution is 2.44. The van der Waals surface area contributed by atoms with Crippen LogP contribution in [0, 0.1) is 29.4 Å². The SMILES string of the molecule is C[C@H]1CC[C@H](C2CCC(c3cc(F)c(OC(F)=C(F)F)c(F)c3)CC2)CC1. The highest BCUT2D eigenvalue weighted by molar-refractivity contribution is 5.34. The molecule has 1 aromatic carbocycles. The van der Waals surface area contributed by atoms with E-state index in [0.29, 0.717) is 11.5 Å². The molecule has 0 aliphatic heterocycles. The topological polar surface area (TPSA) is 9.23 Å². The largest absolute Gasteiger partial charge is 0.422 e. The molecule has 2 fully saturated rings. The van der Waals surface area contributed by atoms with Gasteiger partial charge in [0.1, 0.15) is 0 Å². The minimum absolute atomic E-state index is 0.0279. The van der Waals surface area contributed by atoms with Crippen molar-refractivity contribution in [1.29, 1.82) is 0 Å². The first-order valence-corrected chi connectivity index (χ1v) is 9.72. The molecule has 150 valence electrons. The number of hydrogen-bond donors (Lipinski definition) is 0. The molecule has 1 nitrogen and oxygen atoms in total. The molecule has 0 atom stereocenters. The summed E-state index contributed by atoms with van der Waals surface area (Å²) in [7, 11) is 0. The van der Waals surface area contributed by atoms with Gasteiger partial charge >= 0.3 is 12.1 Å².